The molecule has 1 aromatic carbocycles. The van der Waals surface area contributed by atoms with E-state index in [0.717, 1.165) is 0 Å². The van der Waals surface area contributed by atoms with Gasteiger partial charge < -0.3 is 18.6 Å². The molecule has 0 aliphatic carbocycles. The van der Waals surface area contributed by atoms with Gasteiger partial charge in [-0.25, -0.2) is 4.98 Å². The molecule has 2 heterocycles. The number of hydrogen-bond acceptors (Lipinski definition) is 8. The Morgan fingerprint density at radius 2 is 1.86 bits per heavy atom. The van der Waals surface area contributed by atoms with E-state index in [2.05, 4.69) is 9.97 Å². The van der Waals surface area contributed by atoms with Crippen LogP contribution in [-0.4, -0.2) is 48.7 Å². The lowest BCUT2D eigenvalue weighted by molar-refractivity contribution is -0.153. The lowest BCUT2D eigenvalue weighted by atomic mass is 9.79. The predicted molar refractivity (Wildman–Crippen MR) is 117 cm³/mol. The van der Waals surface area contributed by atoms with E-state index < -0.39 is 30.0 Å². The summed E-state index contributed by atoms with van der Waals surface area (Å²) in [6.45, 7) is 1.63. The number of aromatic nitrogens is 2. The number of pyridine rings is 1. The molecule has 2 aromatic heterocycles. The minimum atomic E-state index is -4.53. The SMILES string of the molecule is COC(=O)C(C)(Cc1coc(-c2ccc(OC)c(OCC(F)(F)F)c2)n1)C(=O)c1ncccc1C. The molecule has 186 valence electrons. The number of nitrogens with zero attached hydrogens (tertiary/aromatic N) is 2. The van der Waals surface area contributed by atoms with E-state index in [0.29, 0.717) is 11.1 Å². The van der Waals surface area contributed by atoms with Gasteiger partial charge in [0.2, 0.25) is 5.89 Å². The van der Waals surface area contributed by atoms with E-state index >= 15 is 0 Å². The van der Waals surface area contributed by atoms with E-state index in [1.54, 1.807) is 19.1 Å². The lowest BCUT2D eigenvalue weighted by Gasteiger charge is -2.24. The number of carbonyl (C=O) groups excluding carboxylic acids is 2. The van der Waals surface area contributed by atoms with Gasteiger partial charge in [0.05, 0.1) is 19.9 Å². The summed E-state index contributed by atoms with van der Waals surface area (Å²) in [6, 6.07) is 7.61. The Hall–Kier alpha value is -3.89. The Balaban J connectivity index is 1.91. The van der Waals surface area contributed by atoms with E-state index in [4.69, 9.17) is 18.6 Å². The molecule has 35 heavy (non-hydrogen) atoms. The molecule has 11 heteroatoms. The molecule has 0 radical (unpaired) electrons. The third-order valence-electron chi connectivity index (χ3n) is 5.25. The molecule has 0 fully saturated rings. The molecule has 0 bridgehead atoms. The Kier molecular flexibility index (Phi) is 7.47. The summed E-state index contributed by atoms with van der Waals surface area (Å²) < 4.78 is 58.1. The van der Waals surface area contributed by atoms with Gasteiger partial charge in [-0.3, -0.25) is 14.6 Å². The van der Waals surface area contributed by atoms with Gasteiger partial charge in [-0.2, -0.15) is 13.2 Å². The first kappa shape index (κ1) is 25.7. The second-order valence-electron chi connectivity index (χ2n) is 7.91. The van der Waals surface area contributed by atoms with E-state index in [1.807, 2.05) is 0 Å². The highest BCUT2D eigenvalue weighted by Gasteiger charge is 2.44. The molecule has 1 atom stereocenters. The van der Waals surface area contributed by atoms with Gasteiger partial charge in [0.1, 0.15) is 17.4 Å². The molecular formula is C24H23F3N2O6. The number of Topliss-reactive ketones (excluding diaryl/α,β-unsaturated/α-hetero) is 1. The summed E-state index contributed by atoms with van der Waals surface area (Å²) in [5.41, 5.74) is -0.365. The highest BCUT2D eigenvalue weighted by atomic mass is 19.4. The minimum Gasteiger partial charge on any atom is -0.493 e. The quantitative estimate of drug-likeness (QED) is 0.243. The molecule has 0 aliphatic rings. The van der Waals surface area contributed by atoms with Crippen LogP contribution >= 0.6 is 0 Å². The Morgan fingerprint density at radius 3 is 2.49 bits per heavy atom. The second kappa shape index (κ2) is 10.2. The van der Waals surface area contributed by atoms with Crippen molar-refractivity contribution < 1.29 is 41.4 Å². The molecule has 1 unspecified atom stereocenters. The number of methoxy groups -OCH3 is 2. The molecule has 0 N–H and O–H groups in total. The van der Waals surface area contributed by atoms with Crippen LogP contribution in [0, 0.1) is 12.3 Å². The fraction of sp³-hybridized carbons (Fsp3) is 0.333. The molecule has 8 nitrogen and oxygen atoms in total. The molecule has 0 saturated carbocycles. The average molecular weight is 492 g/mol. The zero-order valence-electron chi connectivity index (χ0n) is 19.4. The Bertz CT molecular complexity index is 1220. The molecular weight excluding hydrogens is 469 g/mol. The Morgan fingerprint density at radius 1 is 1.11 bits per heavy atom. The summed E-state index contributed by atoms with van der Waals surface area (Å²) in [5, 5.41) is 0. The van der Waals surface area contributed by atoms with Crippen molar-refractivity contribution in [2.45, 2.75) is 26.4 Å². The van der Waals surface area contributed by atoms with Crippen LogP contribution in [0.3, 0.4) is 0 Å². The maximum absolute atomic E-state index is 13.3. The van der Waals surface area contributed by atoms with Gasteiger partial charge in [-0.1, -0.05) is 6.07 Å². The van der Waals surface area contributed by atoms with Gasteiger partial charge in [-0.05, 0) is 43.7 Å². The second-order valence-corrected chi connectivity index (χ2v) is 7.91. The summed E-state index contributed by atoms with van der Waals surface area (Å²) in [7, 11) is 2.47. The van der Waals surface area contributed by atoms with Crippen molar-refractivity contribution in [3.05, 3.63) is 59.7 Å². The molecule has 3 rings (SSSR count). The van der Waals surface area contributed by atoms with Crippen LogP contribution in [0.5, 0.6) is 11.5 Å². The van der Waals surface area contributed by atoms with Crippen molar-refractivity contribution in [1.82, 2.24) is 9.97 Å². The average Bonchev–Trinajstić information content (AvgIpc) is 3.29. The summed E-state index contributed by atoms with van der Waals surface area (Å²) in [5.74, 6) is -1.32. The first-order valence-corrected chi connectivity index (χ1v) is 10.4. The van der Waals surface area contributed by atoms with E-state index in [1.165, 1.54) is 51.8 Å². The number of oxazole rings is 1. The van der Waals surface area contributed by atoms with Gasteiger partial charge in [0.25, 0.3) is 0 Å². The maximum atomic E-state index is 13.3. The van der Waals surface area contributed by atoms with Crippen molar-refractivity contribution >= 4 is 11.8 Å². The standard InChI is InChI=1S/C24H23F3N2O6/c1-14-6-5-9-28-19(14)20(30)23(2,22(31)33-4)11-16-12-34-21(29-16)15-7-8-17(32-3)18(10-15)35-13-24(25,26)27/h5-10,12H,11,13H2,1-4H3. The van der Waals surface area contributed by atoms with Crippen LogP contribution in [0.1, 0.15) is 28.7 Å². The maximum Gasteiger partial charge on any atom is 0.422 e. The van der Waals surface area contributed by atoms with Crippen LogP contribution in [-0.2, 0) is 16.0 Å². The number of ether oxygens (including phenoxy) is 3. The molecule has 0 amide bonds. The molecule has 0 aliphatic heterocycles. The van der Waals surface area contributed by atoms with Crippen molar-refractivity contribution in [2.75, 3.05) is 20.8 Å². The normalized spacial score (nSPS) is 13.1. The monoisotopic (exact) mass is 492 g/mol. The number of ketones is 1. The number of hydrogen-bond donors (Lipinski definition) is 0. The number of benzene rings is 1. The zero-order valence-corrected chi connectivity index (χ0v) is 19.4. The van der Waals surface area contributed by atoms with Gasteiger partial charge in [0, 0.05) is 18.2 Å². The lowest BCUT2D eigenvalue weighted by Crippen LogP contribution is -2.40. The smallest absolute Gasteiger partial charge is 0.422 e. The number of rotatable bonds is 9. The first-order chi connectivity index (χ1) is 16.5. The number of esters is 1. The zero-order chi connectivity index (χ0) is 25.8. The van der Waals surface area contributed by atoms with Crippen LogP contribution in [0.4, 0.5) is 13.2 Å². The fourth-order valence-electron chi connectivity index (χ4n) is 3.42. The topological polar surface area (TPSA) is 101 Å². The summed E-state index contributed by atoms with van der Waals surface area (Å²) in [6.07, 6.45) is -1.98. The number of carbonyl (C=O) groups is 2. The van der Waals surface area contributed by atoms with Crippen molar-refractivity contribution in [1.29, 1.82) is 0 Å². The van der Waals surface area contributed by atoms with Crippen molar-refractivity contribution in [2.24, 2.45) is 5.41 Å². The van der Waals surface area contributed by atoms with Crippen molar-refractivity contribution in [3.8, 4) is 23.0 Å². The van der Waals surface area contributed by atoms with Gasteiger partial charge in [0.15, 0.2) is 23.9 Å². The number of aryl methyl sites for hydroxylation is 1. The summed E-state index contributed by atoms with van der Waals surface area (Å²) >= 11 is 0. The minimum absolute atomic E-state index is 0.0493. The van der Waals surface area contributed by atoms with Crippen molar-refractivity contribution in [3.63, 3.8) is 0 Å². The molecule has 0 spiro atoms. The Labute approximate surface area is 199 Å². The van der Waals surface area contributed by atoms with Crippen LogP contribution in [0.25, 0.3) is 11.5 Å². The summed E-state index contributed by atoms with van der Waals surface area (Å²) in [4.78, 5) is 34.4. The largest absolute Gasteiger partial charge is 0.493 e. The molecule has 3 aromatic rings. The third kappa shape index (κ3) is 5.79. The van der Waals surface area contributed by atoms with Gasteiger partial charge >= 0.3 is 12.1 Å². The fourth-order valence-corrected chi connectivity index (χ4v) is 3.42. The third-order valence-corrected chi connectivity index (χ3v) is 5.25. The number of halogens is 3. The van der Waals surface area contributed by atoms with Crippen LogP contribution in [0.15, 0.2) is 47.2 Å². The van der Waals surface area contributed by atoms with E-state index in [-0.39, 0.29) is 35.2 Å². The van der Waals surface area contributed by atoms with Gasteiger partial charge in [-0.15, -0.1) is 0 Å². The van der Waals surface area contributed by atoms with E-state index in [9.17, 15) is 22.8 Å². The number of alkyl halides is 3. The molecule has 0 saturated heterocycles. The van der Waals surface area contributed by atoms with Crippen LogP contribution in [0.2, 0.25) is 0 Å². The first-order valence-electron chi connectivity index (χ1n) is 10.4. The highest BCUT2D eigenvalue weighted by Crippen LogP contribution is 2.35. The van der Waals surface area contributed by atoms with Crippen LogP contribution < -0.4 is 9.47 Å². The predicted octanol–water partition coefficient (Wildman–Crippen LogP) is 4.60. The highest BCUT2D eigenvalue weighted by molar-refractivity contribution is 6.12.